The molecule has 0 saturated carbocycles. The maximum atomic E-state index is 11.9. The molecule has 0 unspecified atom stereocenters. The molecular weight excluding hydrogens is 386 g/mol. The number of hydrogen-bond acceptors (Lipinski definition) is 6. The number of benzene rings is 1. The van der Waals surface area contributed by atoms with Gasteiger partial charge in [0.05, 0.1) is 24.2 Å². The van der Waals surface area contributed by atoms with Crippen LogP contribution in [0.1, 0.15) is 30.7 Å². The standard InChI is InChI=1S/C20H27N7OS/c21-20-23-13-16(24-20)7-3-1-4-8-17-14-27(26-25-17)12-11-22-19(28)15-29-18-9-5-2-6-10-18/h2,5-6,9-10,13-14H,1,3-4,7-8,11-12,15H2,(H,22,28)(H3,21,23,24). The molecule has 1 amide bonds. The molecule has 0 fully saturated rings. The summed E-state index contributed by atoms with van der Waals surface area (Å²) in [6, 6.07) is 9.91. The summed E-state index contributed by atoms with van der Waals surface area (Å²) in [4.78, 5) is 20.1. The number of aryl methyl sites for hydroxylation is 2. The van der Waals surface area contributed by atoms with Crippen molar-refractivity contribution in [1.82, 2.24) is 30.3 Å². The number of thioether (sulfide) groups is 1. The predicted octanol–water partition coefficient (Wildman–Crippen LogP) is 2.45. The highest BCUT2D eigenvalue weighted by molar-refractivity contribution is 8.00. The predicted molar refractivity (Wildman–Crippen MR) is 114 cm³/mol. The highest BCUT2D eigenvalue weighted by Crippen LogP contribution is 2.16. The number of nitrogens with zero attached hydrogens (tertiary/aromatic N) is 4. The van der Waals surface area contributed by atoms with Crippen LogP contribution in [0, 0.1) is 0 Å². The number of unbranched alkanes of at least 4 members (excludes halogenated alkanes) is 2. The monoisotopic (exact) mass is 413 g/mol. The number of rotatable bonds is 12. The summed E-state index contributed by atoms with van der Waals surface area (Å²) < 4.78 is 1.79. The number of nitrogens with two attached hydrogens (primary N) is 1. The van der Waals surface area contributed by atoms with E-state index in [1.165, 1.54) is 11.8 Å². The topological polar surface area (TPSA) is 115 Å². The maximum Gasteiger partial charge on any atom is 0.230 e. The third-order valence-corrected chi connectivity index (χ3v) is 5.40. The maximum absolute atomic E-state index is 11.9. The zero-order valence-corrected chi connectivity index (χ0v) is 17.2. The van der Waals surface area contributed by atoms with Crippen LogP contribution < -0.4 is 11.1 Å². The molecule has 154 valence electrons. The Kier molecular flexibility index (Phi) is 8.12. The third kappa shape index (κ3) is 7.61. The van der Waals surface area contributed by atoms with Crippen LogP contribution in [0.5, 0.6) is 0 Å². The Morgan fingerprint density at radius 2 is 2.00 bits per heavy atom. The summed E-state index contributed by atoms with van der Waals surface area (Å²) >= 11 is 1.53. The number of H-pyrrole nitrogens is 1. The normalized spacial score (nSPS) is 10.9. The lowest BCUT2D eigenvalue weighted by molar-refractivity contribution is -0.118. The average molecular weight is 414 g/mol. The first kappa shape index (κ1) is 20.9. The van der Waals surface area contributed by atoms with Crippen LogP contribution in [0.4, 0.5) is 5.95 Å². The van der Waals surface area contributed by atoms with E-state index in [0.717, 1.165) is 48.4 Å². The minimum Gasteiger partial charge on any atom is -0.369 e. The fourth-order valence-corrected chi connectivity index (χ4v) is 3.64. The highest BCUT2D eigenvalue weighted by Gasteiger charge is 2.04. The smallest absolute Gasteiger partial charge is 0.230 e. The molecule has 2 aromatic heterocycles. The van der Waals surface area contributed by atoms with Crippen molar-refractivity contribution in [2.75, 3.05) is 18.0 Å². The molecule has 9 heteroatoms. The number of nitrogen functional groups attached to an aromatic ring is 1. The van der Waals surface area contributed by atoms with Gasteiger partial charge >= 0.3 is 0 Å². The Labute approximate surface area is 174 Å². The summed E-state index contributed by atoms with van der Waals surface area (Å²) in [5, 5.41) is 11.3. The Morgan fingerprint density at radius 3 is 2.79 bits per heavy atom. The largest absolute Gasteiger partial charge is 0.369 e. The van der Waals surface area contributed by atoms with Gasteiger partial charge in [-0.25, -0.2) is 4.98 Å². The number of aromatic nitrogens is 5. The molecule has 3 rings (SSSR count). The molecule has 0 aliphatic rings. The van der Waals surface area contributed by atoms with Crippen molar-refractivity contribution in [2.45, 2.75) is 43.5 Å². The summed E-state index contributed by atoms with van der Waals surface area (Å²) in [6.07, 6.45) is 8.88. The van der Waals surface area contributed by atoms with Crippen LogP contribution in [-0.4, -0.2) is 43.2 Å². The third-order valence-electron chi connectivity index (χ3n) is 4.39. The van der Waals surface area contributed by atoms with Crippen molar-refractivity contribution in [3.05, 3.63) is 54.1 Å². The zero-order chi connectivity index (χ0) is 20.3. The zero-order valence-electron chi connectivity index (χ0n) is 16.4. The van der Waals surface area contributed by atoms with Crippen LogP contribution in [0.3, 0.4) is 0 Å². The number of carbonyl (C=O) groups is 1. The minimum atomic E-state index is 0.0261. The van der Waals surface area contributed by atoms with Gasteiger partial charge in [0.25, 0.3) is 0 Å². The van der Waals surface area contributed by atoms with Gasteiger partial charge in [0.2, 0.25) is 5.91 Å². The van der Waals surface area contributed by atoms with Gasteiger partial charge in [0.15, 0.2) is 5.95 Å². The molecule has 2 heterocycles. The molecule has 0 saturated heterocycles. The van der Waals surface area contributed by atoms with E-state index in [1.807, 2.05) is 36.5 Å². The number of amides is 1. The van der Waals surface area contributed by atoms with Crippen LogP contribution in [0.15, 0.2) is 47.6 Å². The van der Waals surface area contributed by atoms with Gasteiger partial charge in [-0.3, -0.25) is 9.48 Å². The second-order valence-corrected chi connectivity index (χ2v) is 7.83. The molecule has 3 aromatic rings. The van der Waals surface area contributed by atoms with Crippen molar-refractivity contribution in [3.8, 4) is 0 Å². The van der Waals surface area contributed by atoms with Gasteiger partial charge in [-0.1, -0.05) is 29.8 Å². The second-order valence-electron chi connectivity index (χ2n) is 6.78. The molecule has 0 bridgehead atoms. The molecule has 1 aromatic carbocycles. The van der Waals surface area contributed by atoms with E-state index in [-0.39, 0.29) is 5.91 Å². The lowest BCUT2D eigenvalue weighted by atomic mass is 10.1. The number of nitrogens with one attached hydrogen (secondary N) is 2. The van der Waals surface area contributed by atoms with Gasteiger partial charge in [0, 0.05) is 23.3 Å². The number of hydrogen-bond donors (Lipinski definition) is 3. The summed E-state index contributed by atoms with van der Waals surface area (Å²) in [5.41, 5.74) is 7.64. The molecule has 0 radical (unpaired) electrons. The molecule has 0 spiro atoms. The second kappa shape index (κ2) is 11.3. The fourth-order valence-electron chi connectivity index (χ4n) is 2.89. The Balaban J connectivity index is 1.25. The Bertz CT molecular complexity index is 878. The summed E-state index contributed by atoms with van der Waals surface area (Å²) in [6.45, 7) is 1.17. The van der Waals surface area contributed by atoms with Crippen LogP contribution in [-0.2, 0) is 24.2 Å². The Hall–Kier alpha value is -2.81. The fraction of sp³-hybridized carbons (Fsp3) is 0.400. The van der Waals surface area contributed by atoms with E-state index in [4.69, 9.17) is 5.73 Å². The number of anilines is 1. The van der Waals surface area contributed by atoms with E-state index < -0.39 is 0 Å². The minimum absolute atomic E-state index is 0.0261. The van der Waals surface area contributed by atoms with Crippen LogP contribution in [0.2, 0.25) is 0 Å². The molecule has 4 N–H and O–H groups in total. The first-order chi connectivity index (χ1) is 14.2. The van der Waals surface area contributed by atoms with E-state index in [1.54, 1.807) is 10.9 Å². The van der Waals surface area contributed by atoms with E-state index >= 15 is 0 Å². The van der Waals surface area contributed by atoms with Crippen molar-refractivity contribution in [1.29, 1.82) is 0 Å². The number of imidazole rings is 1. The highest BCUT2D eigenvalue weighted by atomic mass is 32.2. The molecular formula is C20H27N7OS. The van der Waals surface area contributed by atoms with E-state index in [0.29, 0.717) is 24.8 Å². The van der Waals surface area contributed by atoms with Crippen molar-refractivity contribution in [3.63, 3.8) is 0 Å². The molecule has 0 atom stereocenters. The van der Waals surface area contributed by atoms with Gasteiger partial charge < -0.3 is 16.0 Å². The lowest BCUT2D eigenvalue weighted by Crippen LogP contribution is -2.28. The molecule has 29 heavy (non-hydrogen) atoms. The van der Waals surface area contributed by atoms with E-state index in [9.17, 15) is 4.79 Å². The Morgan fingerprint density at radius 1 is 1.17 bits per heavy atom. The van der Waals surface area contributed by atoms with Gasteiger partial charge in [0.1, 0.15) is 0 Å². The van der Waals surface area contributed by atoms with Crippen molar-refractivity contribution in [2.24, 2.45) is 0 Å². The van der Waals surface area contributed by atoms with Gasteiger partial charge in [-0.15, -0.1) is 16.9 Å². The molecule has 0 aliphatic carbocycles. The van der Waals surface area contributed by atoms with Crippen LogP contribution >= 0.6 is 11.8 Å². The molecule has 0 aliphatic heterocycles. The average Bonchev–Trinajstić information content (AvgIpc) is 3.36. The van der Waals surface area contributed by atoms with Gasteiger partial charge in [-0.2, -0.15) is 0 Å². The SMILES string of the molecule is Nc1ncc(CCCCCc2cn(CCNC(=O)CSc3ccccc3)nn2)[nH]1. The molecule has 8 nitrogen and oxygen atoms in total. The summed E-state index contributed by atoms with van der Waals surface area (Å²) in [7, 11) is 0. The lowest BCUT2D eigenvalue weighted by Gasteiger charge is -2.05. The first-order valence-corrected chi connectivity index (χ1v) is 10.8. The quantitative estimate of drug-likeness (QED) is 0.310. The van der Waals surface area contributed by atoms with Crippen molar-refractivity contribution >= 4 is 23.6 Å². The number of carbonyl (C=O) groups excluding carboxylic acids is 1. The van der Waals surface area contributed by atoms with E-state index in [2.05, 4.69) is 25.6 Å². The van der Waals surface area contributed by atoms with Crippen LogP contribution in [0.25, 0.3) is 0 Å². The number of aromatic amines is 1. The van der Waals surface area contributed by atoms with Gasteiger partial charge in [-0.05, 0) is 37.8 Å². The van der Waals surface area contributed by atoms with Crippen molar-refractivity contribution < 1.29 is 4.79 Å². The first-order valence-electron chi connectivity index (χ1n) is 9.82. The summed E-state index contributed by atoms with van der Waals surface area (Å²) in [5.74, 6) is 0.915.